The largest absolute Gasteiger partial charge is 0.467 e. The molecule has 0 aromatic rings. The van der Waals surface area contributed by atoms with Crippen LogP contribution in [0.1, 0.15) is 0 Å². The van der Waals surface area contributed by atoms with Gasteiger partial charge in [-0.15, -0.1) is 0 Å². The van der Waals surface area contributed by atoms with E-state index in [1.54, 1.807) is 6.07 Å². The van der Waals surface area contributed by atoms with E-state index in [4.69, 9.17) is 17.5 Å². The molecule has 1 amide bonds. The first-order valence-corrected chi connectivity index (χ1v) is 6.92. The number of amides is 1. The van der Waals surface area contributed by atoms with Gasteiger partial charge in [0.1, 0.15) is 0 Å². The van der Waals surface area contributed by atoms with Crippen molar-refractivity contribution in [3.8, 4) is 6.07 Å². The van der Waals surface area contributed by atoms with Gasteiger partial charge >= 0.3 is 5.97 Å². The molecule has 3 atom stereocenters. The summed E-state index contributed by atoms with van der Waals surface area (Å²) in [5.74, 6) is -3.16. The second kappa shape index (κ2) is 5.41. The predicted octanol–water partition coefficient (Wildman–Crippen LogP) is -1.58. The fraction of sp³-hybridized carbons (Fsp3) is 0.556. The molecule has 2 N–H and O–H groups in total. The summed E-state index contributed by atoms with van der Waals surface area (Å²) in [6.07, 6.45) is 1.36. The van der Waals surface area contributed by atoms with E-state index in [0.717, 1.165) is 7.11 Å². The molecule has 0 radical (unpaired) electrons. The van der Waals surface area contributed by atoms with Crippen molar-refractivity contribution in [3.63, 3.8) is 0 Å². The zero-order chi connectivity index (χ0) is 13.9. The summed E-state index contributed by atoms with van der Waals surface area (Å²) in [6, 6.07) is 1.72. The molecule has 0 unspecified atom stereocenters. The molecule has 1 heterocycles. The van der Waals surface area contributed by atoms with Crippen molar-refractivity contribution in [2.24, 2.45) is 5.92 Å². The Balaban J connectivity index is 3.31. The van der Waals surface area contributed by atoms with Crippen molar-refractivity contribution in [1.82, 2.24) is 10.6 Å². The average Bonchev–Trinajstić information content (AvgIpc) is 2.26. The van der Waals surface area contributed by atoms with Crippen LogP contribution in [0, 0.1) is 17.2 Å². The van der Waals surface area contributed by atoms with Crippen molar-refractivity contribution >= 4 is 40.0 Å². The van der Waals surface area contributed by atoms with E-state index in [1.807, 2.05) is 0 Å². The summed E-state index contributed by atoms with van der Waals surface area (Å²) in [4.78, 5) is 23.6. The quantitative estimate of drug-likeness (QED) is 0.477. The molecular weight excluding hydrogens is 278 g/mol. The van der Waals surface area contributed by atoms with E-state index < -0.39 is 34.1 Å². The van der Waals surface area contributed by atoms with E-state index in [1.165, 1.54) is 6.26 Å². The molecule has 98 valence electrons. The highest BCUT2D eigenvalue weighted by atomic mass is 32.2. The standard InChI is InChI=1S/C9H11N3O4S2/c1-16-7(14)9(4-18(2)15)5(3-10)6(13)11-8(17)12-9/h5H,4H2,1-2H3,(H2,11,12,13,17)/t5-,9+,18+/m1/s1. The van der Waals surface area contributed by atoms with Crippen LogP contribution in [0.5, 0.6) is 0 Å². The molecule has 0 aliphatic carbocycles. The minimum Gasteiger partial charge on any atom is -0.467 e. The number of methoxy groups -OCH3 is 1. The molecule has 18 heavy (non-hydrogen) atoms. The maximum atomic E-state index is 11.9. The third kappa shape index (κ3) is 2.49. The number of hydrogen-bond donors (Lipinski definition) is 2. The number of nitrogens with zero attached hydrogens (tertiary/aromatic N) is 1. The first kappa shape index (κ1) is 14.5. The van der Waals surface area contributed by atoms with Gasteiger partial charge in [0.05, 0.1) is 18.9 Å². The van der Waals surface area contributed by atoms with Crippen molar-refractivity contribution in [2.45, 2.75) is 5.54 Å². The maximum Gasteiger partial charge on any atom is 0.334 e. The molecule has 1 aliphatic heterocycles. The van der Waals surface area contributed by atoms with Crippen molar-refractivity contribution < 1.29 is 18.5 Å². The zero-order valence-electron chi connectivity index (χ0n) is 9.68. The molecule has 0 bridgehead atoms. The second-order valence-corrected chi connectivity index (χ2v) is 5.53. The SMILES string of the molecule is COC(=O)[C@@]1(C[S@](C)=O)NC(=S)NC(=O)[C@H]1C#N. The van der Waals surface area contributed by atoms with Crippen LogP contribution < -0.4 is 10.6 Å². The molecule has 7 nitrogen and oxygen atoms in total. The molecule has 1 rings (SSSR count). The summed E-state index contributed by atoms with van der Waals surface area (Å²) in [5, 5.41) is 13.7. The fourth-order valence-corrected chi connectivity index (χ4v) is 3.01. The molecule has 1 fully saturated rings. The maximum absolute atomic E-state index is 11.9. The molecule has 1 saturated heterocycles. The number of carbonyl (C=O) groups excluding carboxylic acids is 2. The van der Waals surface area contributed by atoms with E-state index in [-0.39, 0.29) is 10.9 Å². The Bertz CT molecular complexity index is 469. The highest BCUT2D eigenvalue weighted by Gasteiger charge is 2.55. The van der Waals surface area contributed by atoms with Crippen LogP contribution in [-0.4, -0.2) is 45.9 Å². The molecule has 1 aliphatic rings. The Hall–Kier alpha value is -1.53. The second-order valence-electron chi connectivity index (χ2n) is 3.69. The Morgan fingerprint density at radius 1 is 1.72 bits per heavy atom. The molecule has 0 aromatic heterocycles. The van der Waals surface area contributed by atoms with Crippen LogP contribution in [-0.2, 0) is 25.1 Å². The summed E-state index contributed by atoms with van der Waals surface area (Å²) in [7, 11) is -0.311. The fourth-order valence-electron chi connectivity index (χ4n) is 1.73. The molecule has 0 aromatic carbocycles. The monoisotopic (exact) mass is 289 g/mol. The van der Waals surface area contributed by atoms with Crippen LogP contribution in [0.3, 0.4) is 0 Å². The van der Waals surface area contributed by atoms with Gasteiger partial charge in [0.25, 0.3) is 0 Å². The summed E-state index contributed by atoms with van der Waals surface area (Å²) < 4.78 is 16.0. The van der Waals surface area contributed by atoms with Gasteiger partial charge in [-0.2, -0.15) is 5.26 Å². The zero-order valence-corrected chi connectivity index (χ0v) is 11.3. The Morgan fingerprint density at radius 2 is 2.33 bits per heavy atom. The number of ether oxygens (including phenoxy) is 1. The lowest BCUT2D eigenvalue weighted by molar-refractivity contribution is -0.151. The predicted molar refractivity (Wildman–Crippen MR) is 66.7 cm³/mol. The van der Waals surface area contributed by atoms with E-state index in [2.05, 4.69) is 15.4 Å². The van der Waals surface area contributed by atoms with Crippen LogP contribution >= 0.6 is 12.2 Å². The van der Waals surface area contributed by atoms with Crippen LogP contribution in [0.4, 0.5) is 0 Å². The van der Waals surface area contributed by atoms with E-state index in [0.29, 0.717) is 0 Å². The number of rotatable bonds is 3. The Labute approximate surface area is 111 Å². The molecule has 0 saturated carbocycles. The first-order chi connectivity index (χ1) is 8.37. The van der Waals surface area contributed by atoms with Gasteiger partial charge in [-0.05, 0) is 12.2 Å². The minimum atomic E-state index is -1.71. The van der Waals surface area contributed by atoms with Crippen molar-refractivity contribution in [3.05, 3.63) is 0 Å². The van der Waals surface area contributed by atoms with Crippen LogP contribution in [0.15, 0.2) is 0 Å². The van der Waals surface area contributed by atoms with Gasteiger partial charge in [-0.25, -0.2) is 4.79 Å². The summed E-state index contributed by atoms with van der Waals surface area (Å²) >= 11 is 4.79. The Morgan fingerprint density at radius 3 is 2.78 bits per heavy atom. The van der Waals surface area contributed by atoms with Gasteiger partial charge < -0.3 is 15.4 Å². The molecular formula is C9H11N3O4S2. The van der Waals surface area contributed by atoms with E-state index in [9.17, 15) is 13.8 Å². The highest BCUT2D eigenvalue weighted by molar-refractivity contribution is 7.84. The smallest absolute Gasteiger partial charge is 0.334 e. The number of carbonyl (C=O) groups is 2. The van der Waals surface area contributed by atoms with Gasteiger partial charge in [0.2, 0.25) is 5.91 Å². The van der Waals surface area contributed by atoms with Crippen molar-refractivity contribution in [1.29, 1.82) is 5.26 Å². The summed E-state index contributed by atoms with van der Waals surface area (Å²) in [5.41, 5.74) is -1.71. The van der Waals surface area contributed by atoms with E-state index >= 15 is 0 Å². The minimum absolute atomic E-state index is 0.0950. The first-order valence-electron chi connectivity index (χ1n) is 4.78. The summed E-state index contributed by atoms with van der Waals surface area (Å²) in [6.45, 7) is 0. The van der Waals surface area contributed by atoms with Gasteiger partial charge in [-0.1, -0.05) is 0 Å². The third-order valence-corrected chi connectivity index (χ3v) is 3.50. The third-order valence-electron chi connectivity index (χ3n) is 2.44. The highest BCUT2D eigenvalue weighted by Crippen LogP contribution is 2.24. The lowest BCUT2D eigenvalue weighted by atomic mass is 9.84. The lowest BCUT2D eigenvalue weighted by Crippen LogP contribution is -2.71. The number of esters is 1. The van der Waals surface area contributed by atoms with Crippen LogP contribution in [0.2, 0.25) is 0 Å². The van der Waals surface area contributed by atoms with Gasteiger partial charge in [0, 0.05) is 17.1 Å². The number of nitrogens with one attached hydrogen (secondary N) is 2. The Kier molecular flexibility index (Phi) is 4.37. The molecule has 9 heteroatoms. The molecule has 0 spiro atoms. The number of thiocarbonyl (C=S) groups is 1. The van der Waals surface area contributed by atoms with Crippen molar-refractivity contribution in [2.75, 3.05) is 19.1 Å². The normalized spacial score (nSPS) is 28.6. The average molecular weight is 289 g/mol. The lowest BCUT2D eigenvalue weighted by Gasteiger charge is -2.38. The van der Waals surface area contributed by atoms with Crippen LogP contribution in [0.25, 0.3) is 0 Å². The number of hydrogen-bond acceptors (Lipinski definition) is 6. The topological polar surface area (TPSA) is 108 Å². The van der Waals surface area contributed by atoms with Gasteiger partial charge in [-0.3, -0.25) is 9.00 Å². The van der Waals surface area contributed by atoms with Gasteiger partial charge in [0.15, 0.2) is 16.6 Å². The number of nitriles is 1.